The molecular weight excluding hydrogens is 232 g/mol. The highest BCUT2D eigenvalue weighted by atomic mass is 32.1. The molecule has 0 aliphatic carbocycles. The Bertz CT molecular complexity index is 495. The Morgan fingerprint density at radius 1 is 1.41 bits per heavy atom. The summed E-state index contributed by atoms with van der Waals surface area (Å²) < 4.78 is 6.65. The molecule has 3 nitrogen and oxygen atoms in total. The molecule has 1 aromatic carbocycles. The molecule has 0 fully saturated rings. The van der Waals surface area contributed by atoms with Crippen LogP contribution in [0, 0.1) is 0 Å². The minimum absolute atomic E-state index is 0.210. The zero-order valence-corrected chi connectivity index (χ0v) is 11.1. The molecule has 0 radical (unpaired) electrons. The van der Waals surface area contributed by atoms with Gasteiger partial charge in [-0.15, -0.1) is 11.3 Å². The fourth-order valence-electron chi connectivity index (χ4n) is 1.67. The van der Waals surface area contributed by atoms with Crippen LogP contribution in [-0.2, 0) is 6.42 Å². The molecule has 0 aliphatic rings. The van der Waals surface area contributed by atoms with Crippen molar-refractivity contribution in [1.82, 2.24) is 4.98 Å². The van der Waals surface area contributed by atoms with Crippen LogP contribution in [0.3, 0.4) is 0 Å². The average Bonchev–Trinajstić information content (AvgIpc) is 2.70. The first-order valence-electron chi connectivity index (χ1n) is 6.00. The van der Waals surface area contributed by atoms with Crippen molar-refractivity contribution in [3.8, 4) is 5.75 Å². The summed E-state index contributed by atoms with van der Waals surface area (Å²) in [5.41, 5.74) is 6.99. The van der Waals surface area contributed by atoms with E-state index in [9.17, 15) is 0 Å². The number of ether oxygens (including phenoxy) is 1. The molecule has 1 heterocycles. The second kappa shape index (κ2) is 5.47. The molecule has 92 valence electrons. The highest BCUT2D eigenvalue weighted by molar-refractivity contribution is 7.18. The van der Waals surface area contributed by atoms with Crippen molar-refractivity contribution in [1.29, 1.82) is 0 Å². The van der Waals surface area contributed by atoms with E-state index in [1.165, 1.54) is 4.70 Å². The van der Waals surface area contributed by atoms with Gasteiger partial charge in [-0.1, -0.05) is 6.92 Å². The first kappa shape index (κ1) is 12.3. The van der Waals surface area contributed by atoms with Crippen molar-refractivity contribution in [3.63, 3.8) is 0 Å². The number of hydrogen-bond acceptors (Lipinski definition) is 4. The lowest BCUT2D eigenvalue weighted by atomic mass is 10.2. The van der Waals surface area contributed by atoms with Crippen LogP contribution in [0.1, 0.15) is 25.3 Å². The van der Waals surface area contributed by atoms with Gasteiger partial charge in [0.2, 0.25) is 0 Å². The summed E-state index contributed by atoms with van der Waals surface area (Å²) in [5, 5.41) is 1.11. The summed E-state index contributed by atoms with van der Waals surface area (Å²) in [6.07, 6.45) is 1.85. The predicted octanol–water partition coefficient (Wildman–Crippen LogP) is 2.97. The molecule has 1 atom stereocenters. The van der Waals surface area contributed by atoms with Crippen molar-refractivity contribution in [2.75, 3.05) is 6.61 Å². The highest BCUT2D eigenvalue weighted by Crippen LogP contribution is 2.27. The van der Waals surface area contributed by atoms with Gasteiger partial charge in [-0.3, -0.25) is 0 Å². The molecule has 0 saturated carbocycles. The van der Waals surface area contributed by atoms with E-state index in [1.807, 2.05) is 19.1 Å². The average molecular weight is 250 g/mol. The Kier molecular flexibility index (Phi) is 3.97. The minimum atomic E-state index is 0.210. The van der Waals surface area contributed by atoms with Gasteiger partial charge in [-0.2, -0.15) is 0 Å². The van der Waals surface area contributed by atoms with Crippen molar-refractivity contribution < 1.29 is 4.74 Å². The molecule has 4 heteroatoms. The topological polar surface area (TPSA) is 48.1 Å². The third kappa shape index (κ3) is 2.96. The summed E-state index contributed by atoms with van der Waals surface area (Å²) in [6.45, 7) is 4.78. The molecule has 0 saturated heterocycles. The van der Waals surface area contributed by atoms with E-state index < -0.39 is 0 Å². The Labute approximate surface area is 106 Å². The van der Waals surface area contributed by atoms with E-state index >= 15 is 0 Å². The zero-order valence-electron chi connectivity index (χ0n) is 10.3. The van der Waals surface area contributed by atoms with Crippen molar-refractivity contribution >= 4 is 21.6 Å². The van der Waals surface area contributed by atoms with E-state index in [0.29, 0.717) is 6.61 Å². The third-order valence-corrected chi connectivity index (χ3v) is 3.72. The molecular formula is C13H18N2OS. The molecule has 2 rings (SSSR count). The van der Waals surface area contributed by atoms with Crippen molar-refractivity contribution in [2.24, 2.45) is 5.73 Å². The zero-order chi connectivity index (χ0) is 12.3. The number of nitrogens with zero attached hydrogens (tertiary/aromatic N) is 1. The standard InChI is InChI=1S/C13H18N2OS/c1-3-9(14)7-13-15-11-6-5-10(16-4-2)8-12(11)17-13/h5-6,8-9H,3-4,7,14H2,1-2H3. The summed E-state index contributed by atoms with van der Waals surface area (Å²) in [6, 6.07) is 6.24. The van der Waals surface area contributed by atoms with Gasteiger partial charge < -0.3 is 10.5 Å². The van der Waals surface area contributed by atoms with Gasteiger partial charge in [0.1, 0.15) is 5.75 Å². The van der Waals surface area contributed by atoms with E-state index in [-0.39, 0.29) is 6.04 Å². The van der Waals surface area contributed by atoms with E-state index in [0.717, 1.165) is 29.1 Å². The molecule has 1 aromatic heterocycles. The van der Waals surface area contributed by atoms with Crippen molar-refractivity contribution in [2.45, 2.75) is 32.7 Å². The van der Waals surface area contributed by atoms with Crippen LogP contribution in [0.4, 0.5) is 0 Å². The monoisotopic (exact) mass is 250 g/mol. The lowest BCUT2D eigenvalue weighted by Gasteiger charge is -2.03. The normalized spacial score (nSPS) is 12.9. The smallest absolute Gasteiger partial charge is 0.120 e. The van der Waals surface area contributed by atoms with Gasteiger partial charge in [-0.25, -0.2) is 4.98 Å². The van der Waals surface area contributed by atoms with Gasteiger partial charge >= 0.3 is 0 Å². The van der Waals surface area contributed by atoms with E-state index in [2.05, 4.69) is 18.0 Å². The number of aromatic nitrogens is 1. The molecule has 2 N–H and O–H groups in total. The van der Waals surface area contributed by atoms with Crippen LogP contribution in [0.5, 0.6) is 5.75 Å². The summed E-state index contributed by atoms with van der Waals surface area (Å²) in [7, 11) is 0. The van der Waals surface area contributed by atoms with Gasteiger partial charge in [0, 0.05) is 12.5 Å². The maximum absolute atomic E-state index is 5.95. The molecule has 0 spiro atoms. The summed E-state index contributed by atoms with van der Waals surface area (Å²) in [5.74, 6) is 0.912. The predicted molar refractivity (Wildman–Crippen MR) is 72.8 cm³/mol. The maximum atomic E-state index is 5.95. The molecule has 17 heavy (non-hydrogen) atoms. The SMILES string of the molecule is CCOc1ccc2nc(CC(N)CC)sc2c1. The quantitative estimate of drug-likeness (QED) is 0.887. The second-order valence-corrected chi connectivity index (χ2v) is 5.16. The Balaban J connectivity index is 2.24. The lowest BCUT2D eigenvalue weighted by molar-refractivity contribution is 0.341. The maximum Gasteiger partial charge on any atom is 0.120 e. The molecule has 0 bridgehead atoms. The lowest BCUT2D eigenvalue weighted by Crippen LogP contribution is -2.21. The number of fused-ring (bicyclic) bond motifs is 1. The van der Waals surface area contributed by atoms with Crippen LogP contribution < -0.4 is 10.5 Å². The minimum Gasteiger partial charge on any atom is -0.494 e. The van der Waals surface area contributed by atoms with E-state index in [1.54, 1.807) is 11.3 Å². The summed E-state index contributed by atoms with van der Waals surface area (Å²) in [4.78, 5) is 4.58. The molecule has 1 unspecified atom stereocenters. The first-order chi connectivity index (χ1) is 8.22. The van der Waals surface area contributed by atoms with Gasteiger partial charge in [0.05, 0.1) is 21.8 Å². The number of nitrogens with two attached hydrogens (primary N) is 1. The Morgan fingerprint density at radius 3 is 2.94 bits per heavy atom. The third-order valence-electron chi connectivity index (χ3n) is 2.68. The van der Waals surface area contributed by atoms with Crippen LogP contribution >= 0.6 is 11.3 Å². The Morgan fingerprint density at radius 2 is 2.24 bits per heavy atom. The number of thiazole rings is 1. The van der Waals surface area contributed by atoms with Crippen molar-refractivity contribution in [3.05, 3.63) is 23.2 Å². The van der Waals surface area contributed by atoms with Crippen LogP contribution in [0.2, 0.25) is 0 Å². The summed E-state index contributed by atoms with van der Waals surface area (Å²) >= 11 is 1.71. The van der Waals surface area contributed by atoms with Crippen LogP contribution in [0.15, 0.2) is 18.2 Å². The first-order valence-corrected chi connectivity index (χ1v) is 6.82. The van der Waals surface area contributed by atoms with Gasteiger partial charge in [0.25, 0.3) is 0 Å². The molecule has 0 aliphatic heterocycles. The second-order valence-electron chi connectivity index (χ2n) is 4.04. The number of rotatable bonds is 5. The van der Waals surface area contributed by atoms with Crippen LogP contribution in [0.25, 0.3) is 10.2 Å². The number of hydrogen-bond donors (Lipinski definition) is 1. The van der Waals surface area contributed by atoms with Crippen LogP contribution in [-0.4, -0.2) is 17.6 Å². The fourth-order valence-corrected chi connectivity index (χ4v) is 2.75. The van der Waals surface area contributed by atoms with Gasteiger partial charge in [0.15, 0.2) is 0 Å². The fraction of sp³-hybridized carbons (Fsp3) is 0.462. The van der Waals surface area contributed by atoms with Gasteiger partial charge in [-0.05, 0) is 31.5 Å². The largest absolute Gasteiger partial charge is 0.494 e. The highest BCUT2D eigenvalue weighted by Gasteiger charge is 2.08. The molecule has 0 amide bonds. The van der Waals surface area contributed by atoms with E-state index in [4.69, 9.17) is 10.5 Å². The Hall–Kier alpha value is -1.13. The number of benzene rings is 1. The molecule has 2 aromatic rings.